The minimum absolute atomic E-state index is 0.0310. The highest BCUT2D eigenvalue weighted by Gasteiger charge is 2.39. The van der Waals surface area contributed by atoms with Gasteiger partial charge in [-0.15, -0.1) is 0 Å². The minimum atomic E-state index is -0.807. The van der Waals surface area contributed by atoms with Crippen LogP contribution in [0.5, 0.6) is 0 Å². The summed E-state index contributed by atoms with van der Waals surface area (Å²) < 4.78 is 1.91. The van der Waals surface area contributed by atoms with Gasteiger partial charge in [0.15, 0.2) is 0 Å². The van der Waals surface area contributed by atoms with Gasteiger partial charge >= 0.3 is 6.09 Å². The second-order valence-electron chi connectivity index (χ2n) is 10.7. The third kappa shape index (κ3) is 5.52. The Morgan fingerprint density at radius 3 is 2.42 bits per heavy atom. The molecule has 3 atom stereocenters. The molecule has 0 spiro atoms. The number of nitrogens with zero attached hydrogens (tertiary/aromatic N) is 4. The van der Waals surface area contributed by atoms with Crippen molar-refractivity contribution in [3.8, 4) is 5.69 Å². The molecule has 2 N–H and O–H groups in total. The van der Waals surface area contributed by atoms with Crippen LogP contribution in [-0.2, 0) is 0 Å². The first kappa shape index (κ1) is 23.6. The number of nitrogens with one attached hydrogen (secondary N) is 1. The van der Waals surface area contributed by atoms with E-state index in [2.05, 4.69) is 39.6 Å². The molecule has 2 heterocycles. The number of anilines is 1. The van der Waals surface area contributed by atoms with Crippen molar-refractivity contribution in [3.05, 3.63) is 42.2 Å². The van der Waals surface area contributed by atoms with Crippen molar-refractivity contribution in [3.63, 3.8) is 0 Å². The number of hydrogen-bond donors (Lipinski definition) is 2. The van der Waals surface area contributed by atoms with Crippen LogP contribution in [0.15, 0.2) is 36.7 Å². The summed E-state index contributed by atoms with van der Waals surface area (Å²) in [5.74, 6) is 0. The molecule has 0 bridgehead atoms. The maximum atomic E-state index is 12.1. The number of piperidine rings is 1. The topological polar surface area (TPSA) is 73.6 Å². The summed E-state index contributed by atoms with van der Waals surface area (Å²) in [4.78, 5) is 16.3. The first-order valence-corrected chi connectivity index (χ1v) is 12.4. The van der Waals surface area contributed by atoms with Crippen LogP contribution in [0.4, 0.5) is 10.5 Å². The lowest BCUT2D eigenvalue weighted by atomic mass is 9.86. The van der Waals surface area contributed by atoms with E-state index in [9.17, 15) is 9.90 Å². The van der Waals surface area contributed by atoms with Gasteiger partial charge in [0.2, 0.25) is 0 Å². The molecule has 7 heteroatoms. The summed E-state index contributed by atoms with van der Waals surface area (Å²) in [7, 11) is 0. The standard InChI is InChI=1S/C26H39N5O2/c1-19-16-27-30(17-19)22-13-11-21(12-14-22)29-15-7-8-20(18-29)28-23-9-5-6-10-24(23)31(25(32)33)26(2,3)4/h11-14,16-17,20,23-24,28H,5-10,15,18H2,1-4H3,(H,32,33)/t20-,23+,24+/m0/s1. The van der Waals surface area contributed by atoms with Gasteiger partial charge in [-0.1, -0.05) is 12.8 Å². The molecule has 1 aromatic carbocycles. The molecule has 1 aliphatic carbocycles. The van der Waals surface area contributed by atoms with Crippen LogP contribution < -0.4 is 10.2 Å². The quantitative estimate of drug-likeness (QED) is 0.678. The number of hydrogen-bond acceptors (Lipinski definition) is 4. The molecule has 33 heavy (non-hydrogen) atoms. The Morgan fingerprint density at radius 2 is 1.79 bits per heavy atom. The van der Waals surface area contributed by atoms with Gasteiger partial charge in [-0.25, -0.2) is 9.48 Å². The van der Waals surface area contributed by atoms with Crippen molar-refractivity contribution >= 4 is 11.8 Å². The maximum Gasteiger partial charge on any atom is 0.408 e. The largest absolute Gasteiger partial charge is 0.465 e. The average Bonchev–Trinajstić information content (AvgIpc) is 3.20. The predicted molar refractivity (Wildman–Crippen MR) is 132 cm³/mol. The van der Waals surface area contributed by atoms with Crippen molar-refractivity contribution in [2.75, 3.05) is 18.0 Å². The SMILES string of the molecule is Cc1cnn(-c2ccc(N3CCC[C@H](N[C@@H]4CCCC[C@H]4N(C(=O)O)C(C)(C)C)C3)cc2)c1. The van der Waals surface area contributed by atoms with Crippen LogP contribution in [0, 0.1) is 6.92 Å². The molecule has 4 rings (SSSR count). The lowest BCUT2D eigenvalue weighted by molar-refractivity contribution is 0.0398. The van der Waals surface area contributed by atoms with Crippen molar-refractivity contribution in [1.29, 1.82) is 0 Å². The molecule has 2 aliphatic rings. The molecule has 0 unspecified atom stereocenters. The van der Waals surface area contributed by atoms with Crippen molar-refractivity contribution < 1.29 is 9.90 Å². The molecule has 2 fully saturated rings. The Bertz CT molecular complexity index is 933. The summed E-state index contributed by atoms with van der Waals surface area (Å²) in [5, 5.41) is 18.3. The molecule has 1 aromatic heterocycles. The van der Waals surface area contributed by atoms with Crippen molar-refractivity contribution in [1.82, 2.24) is 20.0 Å². The Balaban J connectivity index is 1.43. The normalized spacial score (nSPS) is 24.0. The van der Waals surface area contributed by atoms with Crippen LogP contribution in [0.3, 0.4) is 0 Å². The van der Waals surface area contributed by atoms with E-state index in [1.54, 1.807) is 4.90 Å². The Hall–Kier alpha value is -2.54. The fraction of sp³-hybridized carbons (Fsp3) is 0.615. The smallest absolute Gasteiger partial charge is 0.408 e. The molecule has 1 saturated carbocycles. The van der Waals surface area contributed by atoms with Gasteiger partial charge in [0.05, 0.1) is 17.9 Å². The molecule has 1 saturated heterocycles. The second-order valence-corrected chi connectivity index (χ2v) is 10.7. The van der Waals surface area contributed by atoms with Gasteiger partial charge < -0.3 is 15.3 Å². The number of carbonyl (C=O) groups is 1. The molecule has 2 aromatic rings. The first-order valence-electron chi connectivity index (χ1n) is 12.4. The van der Waals surface area contributed by atoms with Gasteiger partial charge in [-0.05, 0) is 83.2 Å². The summed E-state index contributed by atoms with van der Waals surface area (Å²) in [6, 6.07) is 9.24. The third-order valence-corrected chi connectivity index (χ3v) is 7.05. The fourth-order valence-electron chi connectivity index (χ4n) is 5.56. The van der Waals surface area contributed by atoms with Crippen molar-refractivity contribution in [2.24, 2.45) is 0 Å². The number of aromatic nitrogens is 2. The van der Waals surface area contributed by atoms with E-state index in [-0.39, 0.29) is 12.1 Å². The van der Waals surface area contributed by atoms with Crippen LogP contribution in [0.2, 0.25) is 0 Å². The maximum absolute atomic E-state index is 12.1. The lowest BCUT2D eigenvalue weighted by Crippen LogP contribution is -2.62. The highest BCUT2D eigenvalue weighted by Crippen LogP contribution is 2.30. The van der Waals surface area contributed by atoms with E-state index >= 15 is 0 Å². The van der Waals surface area contributed by atoms with E-state index in [1.165, 1.54) is 5.69 Å². The molecule has 1 amide bonds. The minimum Gasteiger partial charge on any atom is -0.465 e. The number of rotatable bonds is 5. The number of aryl methyl sites for hydroxylation is 1. The molecule has 180 valence electrons. The second kappa shape index (κ2) is 9.75. The van der Waals surface area contributed by atoms with Crippen LogP contribution in [-0.4, -0.2) is 62.6 Å². The summed E-state index contributed by atoms with van der Waals surface area (Å²) >= 11 is 0. The summed E-state index contributed by atoms with van der Waals surface area (Å²) in [6.07, 6.45) is 9.61. The third-order valence-electron chi connectivity index (χ3n) is 7.05. The highest BCUT2D eigenvalue weighted by molar-refractivity contribution is 5.66. The zero-order chi connectivity index (χ0) is 23.6. The van der Waals surface area contributed by atoms with E-state index in [0.29, 0.717) is 6.04 Å². The zero-order valence-corrected chi connectivity index (χ0v) is 20.5. The summed E-state index contributed by atoms with van der Waals surface area (Å²) in [6.45, 7) is 10.1. The molecule has 7 nitrogen and oxygen atoms in total. The number of amides is 1. The van der Waals surface area contributed by atoms with Gasteiger partial charge in [0.1, 0.15) is 0 Å². The fourth-order valence-corrected chi connectivity index (χ4v) is 5.56. The van der Waals surface area contributed by atoms with Crippen LogP contribution in [0.25, 0.3) is 5.69 Å². The van der Waals surface area contributed by atoms with Crippen LogP contribution >= 0.6 is 0 Å². The van der Waals surface area contributed by atoms with E-state index in [0.717, 1.165) is 62.9 Å². The molecule has 0 radical (unpaired) electrons. The molecular weight excluding hydrogens is 414 g/mol. The Labute approximate surface area is 197 Å². The van der Waals surface area contributed by atoms with Gasteiger partial charge in [-0.2, -0.15) is 5.10 Å². The lowest BCUT2D eigenvalue weighted by Gasteiger charge is -2.47. The predicted octanol–water partition coefficient (Wildman–Crippen LogP) is 4.83. The molecule has 1 aliphatic heterocycles. The van der Waals surface area contributed by atoms with Gasteiger partial charge in [0.25, 0.3) is 0 Å². The van der Waals surface area contributed by atoms with E-state index in [1.807, 2.05) is 44.8 Å². The zero-order valence-electron chi connectivity index (χ0n) is 20.5. The Morgan fingerprint density at radius 1 is 1.09 bits per heavy atom. The van der Waals surface area contributed by atoms with Crippen LogP contribution in [0.1, 0.15) is 64.9 Å². The number of benzene rings is 1. The van der Waals surface area contributed by atoms with Gasteiger partial charge in [0, 0.05) is 42.6 Å². The van der Waals surface area contributed by atoms with Crippen molar-refractivity contribution in [2.45, 2.75) is 89.9 Å². The van der Waals surface area contributed by atoms with E-state index in [4.69, 9.17) is 0 Å². The van der Waals surface area contributed by atoms with Gasteiger partial charge in [-0.3, -0.25) is 4.90 Å². The number of carboxylic acid groups (broad SMARTS) is 1. The monoisotopic (exact) mass is 453 g/mol. The highest BCUT2D eigenvalue weighted by atomic mass is 16.4. The Kier molecular flexibility index (Phi) is 6.98. The van der Waals surface area contributed by atoms with E-state index < -0.39 is 11.6 Å². The molecular formula is C26H39N5O2. The summed E-state index contributed by atoms with van der Waals surface area (Å²) in [5.41, 5.74) is 3.05. The average molecular weight is 454 g/mol. The first-order chi connectivity index (χ1) is 15.7.